The van der Waals surface area contributed by atoms with Gasteiger partial charge in [-0.1, -0.05) is 19.3 Å². The minimum absolute atomic E-state index is 0.0520. The number of rotatable bonds is 5. The monoisotopic (exact) mass is 403 g/mol. The SMILES string of the molecule is O=C(C1CCCCC1)N(Cc1csc(N2CCOCC2)n1)c1ccc(F)cc1. The Kier molecular flexibility index (Phi) is 6.22. The van der Waals surface area contributed by atoms with Gasteiger partial charge in [0.25, 0.3) is 0 Å². The van der Waals surface area contributed by atoms with Gasteiger partial charge in [-0.3, -0.25) is 4.79 Å². The third-order valence-corrected chi connectivity index (χ3v) is 6.45. The summed E-state index contributed by atoms with van der Waals surface area (Å²) in [5.74, 6) is -0.111. The van der Waals surface area contributed by atoms with Crippen LogP contribution in [0.5, 0.6) is 0 Å². The summed E-state index contributed by atoms with van der Waals surface area (Å²) in [6.07, 6.45) is 5.28. The molecule has 2 fully saturated rings. The minimum atomic E-state index is -0.294. The number of halogens is 1. The van der Waals surface area contributed by atoms with Gasteiger partial charge in [0.2, 0.25) is 5.91 Å². The van der Waals surface area contributed by atoms with Crippen LogP contribution < -0.4 is 9.80 Å². The fraction of sp³-hybridized carbons (Fsp3) is 0.524. The molecule has 0 unspecified atom stereocenters. The maximum Gasteiger partial charge on any atom is 0.230 e. The van der Waals surface area contributed by atoms with E-state index < -0.39 is 0 Å². The minimum Gasteiger partial charge on any atom is -0.378 e. The number of aromatic nitrogens is 1. The number of thiazole rings is 1. The van der Waals surface area contributed by atoms with E-state index in [1.807, 2.05) is 5.38 Å². The quantitative estimate of drug-likeness (QED) is 0.749. The average molecular weight is 404 g/mol. The summed E-state index contributed by atoms with van der Waals surface area (Å²) in [7, 11) is 0. The predicted molar refractivity (Wildman–Crippen MR) is 109 cm³/mol. The van der Waals surface area contributed by atoms with Crippen LogP contribution in [0, 0.1) is 11.7 Å². The highest BCUT2D eigenvalue weighted by Gasteiger charge is 2.28. The fourth-order valence-electron chi connectivity index (χ4n) is 3.92. The summed E-state index contributed by atoms with van der Waals surface area (Å²) in [5.41, 5.74) is 1.61. The normalized spacial score (nSPS) is 18.2. The van der Waals surface area contributed by atoms with Gasteiger partial charge in [-0.15, -0.1) is 11.3 Å². The molecule has 1 aromatic heterocycles. The molecule has 1 aliphatic heterocycles. The Morgan fingerprint density at radius 2 is 1.89 bits per heavy atom. The van der Waals surface area contributed by atoms with Gasteiger partial charge in [-0.2, -0.15) is 0 Å². The number of benzene rings is 1. The second kappa shape index (κ2) is 9.01. The number of hydrogen-bond donors (Lipinski definition) is 0. The smallest absolute Gasteiger partial charge is 0.230 e. The summed E-state index contributed by atoms with van der Waals surface area (Å²) >= 11 is 1.60. The van der Waals surface area contributed by atoms with E-state index in [1.54, 1.807) is 28.4 Å². The molecule has 150 valence electrons. The molecule has 4 rings (SSSR count). The standard InChI is InChI=1S/C21H26FN3O2S/c22-17-6-8-19(9-7-17)25(20(26)16-4-2-1-3-5-16)14-18-15-28-21(23-18)24-10-12-27-13-11-24/h6-9,15-16H,1-5,10-14H2. The molecule has 2 heterocycles. The predicted octanol–water partition coefficient (Wildman–Crippen LogP) is 4.23. The van der Waals surface area contributed by atoms with Crippen molar-refractivity contribution in [3.8, 4) is 0 Å². The Morgan fingerprint density at radius 1 is 1.18 bits per heavy atom. The summed E-state index contributed by atoms with van der Waals surface area (Å²) < 4.78 is 18.8. The molecule has 0 spiro atoms. The summed E-state index contributed by atoms with van der Waals surface area (Å²) in [6.45, 7) is 3.54. The van der Waals surface area contributed by atoms with E-state index in [0.717, 1.165) is 68.5 Å². The summed E-state index contributed by atoms with van der Waals surface area (Å²) in [4.78, 5) is 22.1. The second-order valence-corrected chi connectivity index (χ2v) is 8.29. The van der Waals surface area contributed by atoms with Gasteiger partial charge in [0.05, 0.1) is 25.5 Å². The number of carbonyl (C=O) groups excluding carboxylic acids is 1. The Balaban J connectivity index is 1.54. The van der Waals surface area contributed by atoms with Crippen LogP contribution in [0.4, 0.5) is 15.2 Å². The molecule has 7 heteroatoms. The number of hydrogen-bond acceptors (Lipinski definition) is 5. The molecule has 2 aliphatic rings. The fourth-order valence-corrected chi connectivity index (χ4v) is 4.79. The first-order valence-corrected chi connectivity index (χ1v) is 10.9. The average Bonchev–Trinajstić information content (AvgIpc) is 3.22. The van der Waals surface area contributed by atoms with E-state index in [0.29, 0.717) is 6.54 Å². The topological polar surface area (TPSA) is 45.7 Å². The van der Waals surface area contributed by atoms with Crippen LogP contribution in [-0.4, -0.2) is 37.2 Å². The van der Waals surface area contributed by atoms with E-state index in [2.05, 4.69) is 4.90 Å². The molecule has 1 amide bonds. The van der Waals surface area contributed by atoms with Gasteiger partial charge in [0.15, 0.2) is 5.13 Å². The van der Waals surface area contributed by atoms with Crippen LogP contribution in [0.2, 0.25) is 0 Å². The number of ether oxygens (including phenoxy) is 1. The van der Waals surface area contributed by atoms with Crippen molar-refractivity contribution in [1.82, 2.24) is 4.98 Å². The Morgan fingerprint density at radius 3 is 2.61 bits per heavy atom. The van der Waals surface area contributed by atoms with Crippen molar-refractivity contribution < 1.29 is 13.9 Å². The zero-order valence-corrected chi connectivity index (χ0v) is 16.8. The van der Waals surface area contributed by atoms with Crippen LogP contribution in [-0.2, 0) is 16.1 Å². The molecule has 0 atom stereocenters. The van der Waals surface area contributed by atoms with Crippen molar-refractivity contribution in [1.29, 1.82) is 0 Å². The van der Waals surface area contributed by atoms with E-state index in [1.165, 1.54) is 18.6 Å². The maximum absolute atomic E-state index is 13.4. The van der Waals surface area contributed by atoms with Crippen LogP contribution in [0.3, 0.4) is 0 Å². The molecule has 0 N–H and O–H groups in total. The third-order valence-electron chi connectivity index (χ3n) is 5.50. The molecule has 28 heavy (non-hydrogen) atoms. The molecular weight excluding hydrogens is 377 g/mol. The van der Waals surface area contributed by atoms with Gasteiger partial charge in [-0.25, -0.2) is 9.37 Å². The van der Waals surface area contributed by atoms with Crippen LogP contribution in [0.1, 0.15) is 37.8 Å². The lowest BCUT2D eigenvalue weighted by atomic mass is 9.88. The summed E-state index contributed by atoms with van der Waals surface area (Å²) in [5, 5.41) is 3.00. The van der Waals surface area contributed by atoms with E-state index in [9.17, 15) is 9.18 Å². The molecule has 2 aromatic rings. The first-order chi connectivity index (χ1) is 13.7. The highest BCUT2D eigenvalue weighted by molar-refractivity contribution is 7.13. The molecule has 1 saturated carbocycles. The Labute approximate surface area is 169 Å². The van der Waals surface area contributed by atoms with Gasteiger partial charge in [0, 0.05) is 30.1 Å². The van der Waals surface area contributed by atoms with Gasteiger partial charge in [0.1, 0.15) is 5.82 Å². The van der Waals surface area contributed by atoms with Crippen molar-refractivity contribution in [2.75, 3.05) is 36.1 Å². The molecule has 5 nitrogen and oxygen atoms in total. The molecule has 1 saturated heterocycles. The summed E-state index contributed by atoms with van der Waals surface area (Å²) in [6, 6.07) is 6.20. The Hall–Kier alpha value is -1.99. The lowest BCUT2D eigenvalue weighted by Crippen LogP contribution is -2.37. The number of nitrogens with zero attached hydrogens (tertiary/aromatic N) is 3. The lowest BCUT2D eigenvalue weighted by Gasteiger charge is -2.29. The van der Waals surface area contributed by atoms with Gasteiger partial charge >= 0.3 is 0 Å². The van der Waals surface area contributed by atoms with E-state index in [4.69, 9.17) is 9.72 Å². The second-order valence-electron chi connectivity index (χ2n) is 7.46. The number of carbonyl (C=O) groups is 1. The maximum atomic E-state index is 13.4. The van der Waals surface area contributed by atoms with E-state index in [-0.39, 0.29) is 17.6 Å². The van der Waals surface area contributed by atoms with Gasteiger partial charge in [-0.05, 0) is 37.1 Å². The van der Waals surface area contributed by atoms with Crippen molar-refractivity contribution in [3.05, 3.63) is 41.2 Å². The zero-order chi connectivity index (χ0) is 19.3. The number of anilines is 2. The molecule has 0 radical (unpaired) electrons. The van der Waals surface area contributed by atoms with Crippen molar-refractivity contribution >= 4 is 28.1 Å². The van der Waals surface area contributed by atoms with Crippen molar-refractivity contribution in [2.45, 2.75) is 38.6 Å². The molecular formula is C21H26FN3O2S. The highest BCUT2D eigenvalue weighted by Crippen LogP contribution is 2.30. The largest absolute Gasteiger partial charge is 0.378 e. The molecule has 1 aromatic carbocycles. The first kappa shape index (κ1) is 19.3. The number of morpholine rings is 1. The van der Waals surface area contributed by atoms with Crippen molar-refractivity contribution in [3.63, 3.8) is 0 Å². The van der Waals surface area contributed by atoms with Crippen molar-refractivity contribution in [2.24, 2.45) is 5.92 Å². The van der Waals surface area contributed by atoms with E-state index >= 15 is 0 Å². The zero-order valence-electron chi connectivity index (χ0n) is 16.0. The Bertz CT molecular complexity index is 783. The number of amides is 1. The molecule has 1 aliphatic carbocycles. The van der Waals surface area contributed by atoms with Gasteiger partial charge < -0.3 is 14.5 Å². The van der Waals surface area contributed by atoms with Crippen LogP contribution >= 0.6 is 11.3 Å². The highest BCUT2D eigenvalue weighted by atomic mass is 32.1. The lowest BCUT2D eigenvalue weighted by molar-refractivity contribution is -0.123. The molecule has 0 bridgehead atoms. The first-order valence-electron chi connectivity index (χ1n) is 10.0. The van der Waals surface area contributed by atoms with Crippen LogP contribution in [0.25, 0.3) is 0 Å². The van der Waals surface area contributed by atoms with Crippen LogP contribution in [0.15, 0.2) is 29.6 Å². The third kappa shape index (κ3) is 4.52.